The molecule has 7 heteroatoms. The number of ether oxygens (including phenoxy) is 2. The van der Waals surface area contributed by atoms with Crippen LogP contribution < -0.4 is 9.47 Å². The van der Waals surface area contributed by atoms with E-state index in [4.69, 9.17) is 9.47 Å². The third-order valence-electron chi connectivity index (χ3n) is 4.25. The first kappa shape index (κ1) is 15.4. The lowest BCUT2D eigenvalue weighted by atomic mass is 10.1. The van der Waals surface area contributed by atoms with Crippen molar-refractivity contribution in [3.05, 3.63) is 53.9 Å². The van der Waals surface area contributed by atoms with Crippen LogP contribution in [-0.4, -0.2) is 46.7 Å². The first-order valence-electron chi connectivity index (χ1n) is 8.13. The van der Waals surface area contributed by atoms with Gasteiger partial charge in [0.2, 0.25) is 12.7 Å². The van der Waals surface area contributed by atoms with Crippen LogP contribution in [0.2, 0.25) is 0 Å². The molecule has 2 aromatic rings. The standard InChI is InChI=1S/C18H17N3O4/c22-17(10-13-4-5-15-16(9-13)25-12-24-15)20-7-2-8-21(20)18(23)14-3-1-6-19-11-14/h1,3-6,9,11H,2,7-8,10,12H2. The van der Waals surface area contributed by atoms with Gasteiger partial charge in [-0.15, -0.1) is 0 Å². The van der Waals surface area contributed by atoms with E-state index >= 15 is 0 Å². The minimum absolute atomic E-state index is 0.117. The summed E-state index contributed by atoms with van der Waals surface area (Å²) in [4.78, 5) is 29.3. The van der Waals surface area contributed by atoms with Crippen molar-refractivity contribution in [2.24, 2.45) is 0 Å². The maximum absolute atomic E-state index is 12.7. The average molecular weight is 339 g/mol. The highest BCUT2D eigenvalue weighted by atomic mass is 16.7. The van der Waals surface area contributed by atoms with Crippen molar-refractivity contribution >= 4 is 11.8 Å². The molecule has 2 amide bonds. The summed E-state index contributed by atoms with van der Waals surface area (Å²) >= 11 is 0. The number of nitrogens with zero attached hydrogens (tertiary/aromatic N) is 3. The summed E-state index contributed by atoms with van der Waals surface area (Å²) in [6.07, 6.45) is 4.09. The van der Waals surface area contributed by atoms with Gasteiger partial charge in [-0.1, -0.05) is 6.07 Å². The van der Waals surface area contributed by atoms with E-state index < -0.39 is 0 Å². The maximum atomic E-state index is 12.7. The molecule has 1 aromatic heterocycles. The van der Waals surface area contributed by atoms with Crippen molar-refractivity contribution in [3.8, 4) is 11.5 Å². The zero-order valence-electron chi connectivity index (χ0n) is 13.6. The van der Waals surface area contributed by atoms with Crippen LogP contribution >= 0.6 is 0 Å². The predicted molar refractivity (Wildman–Crippen MR) is 87.9 cm³/mol. The van der Waals surface area contributed by atoms with Crippen molar-refractivity contribution in [3.63, 3.8) is 0 Å². The SMILES string of the molecule is O=C(Cc1ccc2c(c1)OCO2)N1CCCN1C(=O)c1cccnc1. The number of fused-ring (bicyclic) bond motifs is 1. The summed E-state index contributed by atoms with van der Waals surface area (Å²) in [6.45, 7) is 1.27. The van der Waals surface area contributed by atoms with Gasteiger partial charge >= 0.3 is 0 Å². The second-order valence-corrected chi connectivity index (χ2v) is 5.90. The smallest absolute Gasteiger partial charge is 0.274 e. The van der Waals surface area contributed by atoms with E-state index in [0.29, 0.717) is 30.2 Å². The van der Waals surface area contributed by atoms with E-state index in [1.807, 2.05) is 12.1 Å². The van der Waals surface area contributed by atoms with E-state index in [1.165, 1.54) is 16.2 Å². The average Bonchev–Trinajstić information content (AvgIpc) is 3.30. The van der Waals surface area contributed by atoms with Gasteiger partial charge in [-0.25, -0.2) is 5.01 Å². The Labute approximate surface area is 144 Å². The number of hydrogen-bond donors (Lipinski definition) is 0. The quantitative estimate of drug-likeness (QED) is 0.850. The van der Waals surface area contributed by atoms with Gasteiger partial charge in [-0.3, -0.25) is 19.6 Å². The summed E-state index contributed by atoms with van der Waals surface area (Å²) in [5, 5.41) is 3.03. The van der Waals surface area contributed by atoms with Gasteiger partial charge in [0.1, 0.15) is 0 Å². The first-order chi connectivity index (χ1) is 12.2. The predicted octanol–water partition coefficient (Wildman–Crippen LogP) is 1.64. The van der Waals surface area contributed by atoms with Gasteiger partial charge in [0.05, 0.1) is 12.0 Å². The summed E-state index contributed by atoms with van der Waals surface area (Å²) < 4.78 is 10.6. The molecule has 1 fully saturated rings. The fraction of sp³-hybridized carbons (Fsp3) is 0.278. The molecule has 7 nitrogen and oxygen atoms in total. The number of hydrogen-bond acceptors (Lipinski definition) is 5. The largest absolute Gasteiger partial charge is 0.454 e. The Morgan fingerprint density at radius 2 is 1.92 bits per heavy atom. The van der Waals surface area contributed by atoms with Crippen LogP contribution in [-0.2, 0) is 11.2 Å². The Bertz CT molecular complexity index is 809. The number of benzene rings is 1. The van der Waals surface area contributed by atoms with Crippen LogP contribution in [0.3, 0.4) is 0 Å². The monoisotopic (exact) mass is 339 g/mol. The Hall–Kier alpha value is -3.09. The molecule has 0 bridgehead atoms. The summed E-state index contributed by atoms with van der Waals surface area (Å²) in [5.74, 6) is 1.01. The molecular formula is C18H17N3O4. The molecule has 2 aliphatic rings. The van der Waals surface area contributed by atoms with Gasteiger partial charge in [0, 0.05) is 25.5 Å². The molecule has 0 spiro atoms. The van der Waals surface area contributed by atoms with Gasteiger partial charge in [-0.2, -0.15) is 0 Å². The van der Waals surface area contributed by atoms with Crippen molar-refractivity contribution in [1.82, 2.24) is 15.0 Å². The Balaban J connectivity index is 1.48. The van der Waals surface area contributed by atoms with E-state index in [9.17, 15) is 9.59 Å². The number of pyridine rings is 1. The van der Waals surface area contributed by atoms with Crippen molar-refractivity contribution < 1.29 is 19.1 Å². The molecule has 3 heterocycles. The third-order valence-corrected chi connectivity index (χ3v) is 4.25. The summed E-state index contributed by atoms with van der Waals surface area (Å²) in [7, 11) is 0. The highest BCUT2D eigenvalue weighted by Gasteiger charge is 2.31. The topological polar surface area (TPSA) is 72.0 Å². The molecule has 0 saturated carbocycles. The van der Waals surface area contributed by atoms with Crippen LogP contribution in [0.4, 0.5) is 0 Å². The van der Waals surface area contributed by atoms with E-state index in [-0.39, 0.29) is 25.0 Å². The lowest BCUT2D eigenvalue weighted by Gasteiger charge is -2.28. The van der Waals surface area contributed by atoms with Crippen molar-refractivity contribution in [1.29, 1.82) is 0 Å². The van der Waals surface area contributed by atoms with Gasteiger partial charge < -0.3 is 9.47 Å². The maximum Gasteiger partial charge on any atom is 0.274 e. The molecular weight excluding hydrogens is 322 g/mol. The Kier molecular flexibility index (Phi) is 3.97. The van der Waals surface area contributed by atoms with Crippen LogP contribution in [0, 0.1) is 0 Å². The lowest BCUT2D eigenvalue weighted by Crippen LogP contribution is -2.45. The minimum atomic E-state index is -0.204. The summed E-state index contributed by atoms with van der Waals surface area (Å²) in [6, 6.07) is 8.86. The minimum Gasteiger partial charge on any atom is -0.454 e. The molecule has 25 heavy (non-hydrogen) atoms. The Morgan fingerprint density at radius 3 is 2.76 bits per heavy atom. The van der Waals surface area contributed by atoms with Crippen LogP contribution in [0.5, 0.6) is 11.5 Å². The first-order valence-corrected chi connectivity index (χ1v) is 8.13. The molecule has 2 aliphatic heterocycles. The highest BCUT2D eigenvalue weighted by Crippen LogP contribution is 2.32. The zero-order chi connectivity index (χ0) is 17.2. The number of hydrazine groups is 1. The van der Waals surface area contributed by atoms with E-state index in [1.54, 1.807) is 24.4 Å². The van der Waals surface area contributed by atoms with Crippen LogP contribution in [0.15, 0.2) is 42.7 Å². The van der Waals surface area contributed by atoms with Crippen LogP contribution in [0.1, 0.15) is 22.3 Å². The Morgan fingerprint density at radius 1 is 1.08 bits per heavy atom. The lowest BCUT2D eigenvalue weighted by molar-refractivity contribution is -0.139. The molecule has 1 aromatic carbocycles. The zero-order valence-corrected chi connectivity index (χ0v) is 13.6. The van der Waals surface area contributed by atoms with E-state index in [0.717, 1.165) is 12.0 Å². The number of carbonyl (C=O) groups excluding carboxylic acids is 2. The van der Waals surface area contributed by atoms with Gasteiger partial charge in [-0.05, 0) is 36.2 Å². The molecule has 0 aliphatic carbocycles. The second kappa shape index (κ2) is 6.43. The van der Waals surface area contributed by atoms with Crippen molar-refractivity contribution in [2.45, 2.75) is 12.8 Å². The van der Waals surface area contributed by atoms with E-state index in [2.05, 4.69) is 4.98 Å². The fourth-order valence-electron chi connectivity index (χ4n) is 3.04. The van der Waals surface area contributed by atoms with Gasteiger partial charge in [0.25, 0.3) is 5.91 Å². The molecule has 4 rings (SSSR count). The molecule has 0 atom stereocenters. The van der Waals surface area contributed by atoms with Gasteiger partial charge in [0.15, 0.2) is 11.5 Å². The molecule has 0 N–H and O–H groups in total. The van der Waals surface area contributed by atoms with Crippen molar-refractivity contribution in [2.75, 3.05) is 19.9 Å². The molecule has 1 saturated heterocycles. The molecule has 0 radical (unpaired) electrons. The molecule has 0 unspecified atom stereocenters. The number of aromatic nitrogens is 1. The number of rotatable bonds is 3. The van der Waals surface area contributed by atoms with Crippen LogP contribution in [0.25, 0.3) is 0 Å². The highest BCUT2D eigenvalue weighted by molar-refractivity contribution is 5.95. The molecule has 128 valence electrons. The third kappa shape index (κ3) is 3.00. The number of amides is 2. The normalized spacial score (nSPS) is 15.5. The number of carbonyl (C=O) groups is 2. The summed E-state index contributed by atoms with van der Waals surface area (Å²) in [5.41, 5.74) is 1.31. The second-order valence-electron chi connectivity index (χ2n) is 5.90. The fourth-order valence-corrected chi connectivity index (χ4v) is 3.04.